The Morgan fingerprint density at radius 1 is 0.833 bits per heavy atom. The summed E-state index contributed by atoms with van der Waals surface area (Å²) in [5, 5.41) is 4.47. The van der Waals surface area contributed by atoms with E-state index in [0.717, 1.165) is 39.4 Å². The molecule has 1 N–H and O–H groups in total. The van der Waals surface area contributed by atoms with Crippen LogP contribution in [0.2, 0.25) is 0 Å². The molecule has 0 amide bonds. The Kier molecular flexibility index (Phi) is 6.75. The van der Waals surface area contributed by atoms with Gasteiger partial charge in [0.2, 0.25) is 10.0 Å². The monoisotopic (exact) mass is 501 g/mol. The van der Waals surface area contributed by atoms with Gasteiger partial charge in [0.15, 0.2) is 0 Å². The van der Waals surface area contributed by atoms with Crippen LogP contribution >= 0.6 is 0 Å². The van der Waals surface area contributed by atoms with Gasteiger partial charge in [0.1, 0.15) is 11.6 Å². The van der Waals surface area contributed by atoms with Gasteiger partial charge < -0.3 is 5.32 Å². The lowest BCUT2D eigenvalue weighted by Gasteiger charge is -2.36. The fourth-order valence-electron chi connectivity index (χ4n) is 4.57. The quantitative estimate of drug-likeness (QED) is 0.398. The third kappa shape index (κ3) is 4.84. The summed E-state index contributed by atoms with van der Waals surface area (Å²) >= 11 is 0. The lowest BCUT2D eigenvalue weighted by atomic mass is 10.1. The molecular formula is C28H31N5O2S. The van der Waals surface area contributed by atoms with Crippen LogP contribution in [-0.2, 0) is 10.0 Å². The summed E-state index contributed by atoms with van der Waals surface area (Å²) in [7, 11) is -3.50. The van der Waals surface area contributed by atoms with E-state index in [0.29, 0.717) is 31.1 Å². The molecule has 1 atom stereocenters. The predicted molar refractivity (Wildman–Crippen MR) is 144 cm³/mol. The first-order valence-electron chi connectivity index (χ1n) is 12.2. The molecule has 4 aromatic rings. The molecule has 0 spiro atoms. The van der Waals surface area contributed by atoms with Crippen molar-refractivity contribution in [3.8, 4) is 0 Å². The van der Waals surface area contributed by atoms with Crippen molar-refractivity contribution in [2.45, 2.75) is 31.7 Å². The molecule has 1 saturated heterocycles. The molecule has 0 radical (unpaired) electrons. The second-order valence-corrected chi connectivity index (χ2v) is 11.3. The average molecular weight is 502 g/mol. The van der Waals surface area contributed by atoms with E-state index in [9.17, 15) is 8.42 Å². The van der Waals surface area contributed by atoms with Crippen molar-refractivity contribution in [2.75, 3.05) is 31.5 Å². The summed E-state index contributed by atoms with van der Waals surface area (Å²) in [4.78, 5) is 12.4. The first kappa shape index (κ1) is 24.4. The number of piperazine rings is 1. The molecule has 1 aliphatic rings. The maximum absolute atomic E-state index is 13.1. The first-order valence-corrected chi connectivity index (χ1v) is 13.7. The minimum absolute atomic E-state index is 0.0590. The number of nitrogens with zero attached hydrogens (tertiary/aromatic N) is 4. The second-order valence-electron chi connectivity index (χ2n) is 9.32. The van der Waals surface area contributed by atoms with Gasteiger partial charge >= 0.3 is 0 Å². The zero-order chi connectivity index (χ0) is 25.3. The standard InChI is InChI=1S/C28H31N5O2S/c1-20-12-14-23(15-13-20)36(34,35)33-18-16-32(17-19-33)22(3)27-30-26-11-7-5-9-24(26)28(31-27)29-25-10-6-4-8-21(25)2/h4-15,22H,16-19H2,1-3H3,(H,29,30,31)/t22-/m0/s1. The van der Waals surface area contributed by atoms with Crippen LogP contribution in [0, 0.1) is 13.8 Å². The van der Waals surface area contributed by atoms with Crippen LogP contribution < -0.4 is 5.32 Å². The lowest BCUT2D eigenvalue weighted by molar-refractivity contribution is 0.141. The Labute approximate surface area is 212 Å². The third-order valence-corrected chi connectivity index (χ3v) is 8.78. The number of rotatable bonds is 6. The smallest absolute Gasteiger partial charge is 0.243 e. The molecule has 36 heavy (non-hydrogen) atoms. The highest BCUT2D eigenvalue weighted by molar-refractivity contribution is 7.89. The Morgan fingerprint density at radius 2 is 1.50 bits per heavy atom. The molecule has 1 aromatic heterocycles. The number of hydrogen-bond acceptors (Lipinski definition) is 6. The van der Waals surface area contributed by atoms with E-state index in [4.69, 9.17) is 9.97 Å². The highest BCUT2D eigenvalue weighted by Gasteiger charge is 2.31. The largest absolute Gasteiger partial charge is 0.339 e. The molecule has 0 unspecified atom stereocenters. The average Bonchev–Trinajstić information content (AvgIpc) is 2.90. The van der Waals surface area contributed by atoms with Crippen LogP contribution in [0.1, 0.15) is 29.9 Å². The summed E-state index contributed by atoms with van der Waals surface area (Å²) in [6.07, 6.45) is 0. The van der Waals surface area contributed by atoms with Crippen LogP contribution in [0.5, 0.6) is 0 Å². The minimum Gasteiger partial charge on any atom is -0.339 e. The number of sulfonamides is 1. The van der Waals surface area contributed by atoms with Crippen LogP contribution in [0.3, 0.4) is 0 Å². The highest BCUT2D eigenvalue weighted by Crippen LogP contribution is 2.29. The molecule has 7 nitrogen and oxygen atoms in total. The van der Waals surface area contributed by atoms with Crippen molar-refractivity contribution >= 4 is 32.4 Å². The number of aryl methyl sites for hydroxylation is 2. The van der Waals surface area contributed by atoms with E-state index in [-0.39, 0.29) is 6.04 Å². The molecule has 3 aromatic carbocycles. The van der Waals surface area contributed by atoms with Gasteiger partial charge in [-0.3, -0.25) is 4.90 Å². The zero-order valence-corrected chi connectivity index (χ0v) is 21.7. The van der Waals surface area contributed by atoms with Crippen molar-refractivity contribution < 1.29 is 8.42 Å². The SMILES string of the molecule is Cc1ccc(S(=O)(=O)N2CCN([C@@H](C)c3nc(Nc4ccccc4C)c4ccccc4n3)CC2)cc1. The highest BCUT2D eigenvalue weighted by atomic mass is 32.2. The summed E-state index contributed by atoms with van der Waals surface area (Å²) in [6, 6.07) is 23.1. The maximum Gasteiger partial charge on any atom is 0.243 e. The predicted octanol–water partition coefficient (Wildman–Crippen LogP) is 5.06. The number of fused-ring (bicyclic) bond motifs is 1. The van der Waals surface area contributed by atoms with Crippen LogP contribution in [0.25, 0.3) is 10.9 Å². The molecule has 1 fully saturated rings. The minimum atomic E-state index is -3.50. The van der Waals surface area contributed by atoms with Crippen molar-refractivity contribution in [3.05, 3.63) is 89.7 Å². The van der Waals surface area contributed by atoms with Gasteiger partial charge in [-0.25, -0.2) is 18.4 Å². The fourth-order valence-corrected chi connectivity index (χ4v) is 5.99. The Bertz CT molecular complexity index is 1480. The number of benzene rings is 3. The van der Waals surface area contributed by atoms with Gasteiger partial charge in [-0.1, -0.05) is 48.0 Å². The lowest BCUT2D eigenvalue weighted by Crippen LogP contribution is -2.49. The van der Waals surface area contributed by atoms with Crippen molar-refractivity contribution in [2.24, 2.45) is 0 Å². The molecule has 0 bridgehead atoms. The number of nitrogens with one attached hydrogen (secondary N) is 1. The summed E-state index contributed by atoms with van der Waals surface area (Å²) in [5.74, 6) is 1.50. The molecule has 0 saturated carbocycles. The normalized spacial score (nSPS) is 16.2. The Balaban J connectivity index is 1.37. The number of aromatic nitrogens is 2. The van der Waals surface area contributed by atoms with Gasteiger partial charge in [-0.2, -0.15) is 4.31 Å². The summed E-state index contributed by atoms with van der Waals surface area (Å²) < 4.78 is 27.8. The third-order valence-electron chi connectivity index (χ3n) is 6.87. The van der Waals surface area contributed by atoms with Crippen LogP contribution in [0.4, 0.5) is 11.5 Å². The molecule has 5 rings (SSSR count). The van der Waals surface area contributed by atoms with E-state index in [1.54, 1.807) is 16.4 Å². The van der Waals surface area contributed by atoms with Gasteiger partial charge in [0.05, 0.1) is 16.5 Å². The van der Waals surface area contributed by atoms with E-state index in [2.05, 4.69) is 30.1 Å². The summed E-state index contributed by atoms with van der Waals surface area (Å²) in [5.41, 5.74) is 4.07. The van der Waals surface area contributed by atoms with E-state index in [1.165, 1.54) is 0 Å². The molecule has 1 aliphatic heterocycles. The Morgan fingerprint density at radius 3 is 2.22 bits per heavy atom. The number of anilines is 2. The van der Waals surface area contributed by atoms with E-state index < -0.39 is 10.0 Å². The van der Waals surface area contributed by atoms with Gasteiger partial charge in [-0.05, 0) is 56.7 Å². The number of para-hydroxylation sites is 2. The van der Waals surface area contributed by atoms with E-state index >= 15 is 0 Å². The van der Waals surface area contributed by atoms with Gasteiger partial charge in [-0.15, -0.1) is 0 Å². The second kappa shape index (κ2) is 9.97. The number of hydrogen-bond donors (Lipinski definition) is 1. The molecule has 0 aliphatic carbocycles. The molecule has 186 valence electrons. The van der Waals surface area contributed by atoms with E-state index in [1.807, 2.05) is 61.5 Å². The van der Waals surface area contributed by atoms with Crippen LogP contribution in [-0.4, -0.2) is 53.8 Å². The molecule has 8 heteroatoms. The zero-order valence-electron chi connectivity index (χ0n) is 20.8. The van der Waals surface area contributed by atoms with Crippen LogP contribution in [0.15, 0.2) is 77.7 Å². The summed E-state index contributed by atoms with van der Waals surface area (Å²) in [6.45, 7) is 8.20. The van der Waals surface area contributed by atoms with Gasteiger partial charge in [0.25, 0.3) is 0 Å². The fraction of sp³-hybridized carbons (Fsp3) is 0.286. The van der Waals surface area contributed by atoms with Crippen molar-refractivity contribution in [1.29, 1.82) is 0 Å². The Hall–Kier alpha value is -3.33. The topological polar surface area (TPSA) is 78.4 Å². The maximum atomic E-state index is 13.1. The van der Waals surface area contributed by atoms with Crippen molar-refractivity contribution in [3.63, 3.8) is 0 Å². The molecule has 2 heterocycles. The first-order chi connectivity index (χ1) is 17.3. The van der Waals surface area contributed by atoms with Gasteiger partial charge in [0, 0.05) is 37.3 Å². The molecular weight excluding hydrogens is 470 g/mol. The van der Waals surface area contributed by atoms with Crippen molar-refractivity contribution in [1.82, 2.24) is 19.2 Å².